The van der Waals surface area contributed by atoms with Crippen molar-refractivity contribution in [3.63, 3.8) is 0 Å². The van der Waals surface area contributed by atoms with E-state index in [-0.39, 0.29) is 5.91 Å². The molecule has 0 bridgehead atoms. The summed E-state index contributed by atoms with van der Waals surface area (Å²) in [6, 6.07) is 9.13. The van der Waals surface area contributed by atoms with Crippen LogP contribution in [0.1, 0.15) is 18.2 Å². The summed E-state index contributed by atoms with van der Waals surface area (Å²) in [5.41, 5.74) is 8.20. The minimum Gasteiger partial charge on any atom is -0.399 e. The maximum atomic E-state index is 11.8. The molecule has 94 valence electrons. The first-order valence-electron chi connectivity index (χ1n) is 5.86. The predicted molar refractivity (Wildman–Crippen MR) is 71.2 cm³/mol. The number of aryl methyl sites for hydroxylation is 1. The van der Waals surface area contributed by atoms with Gasteiger partial charge in [-0.05, 0) is 24.1 Å². The van der Waals surface area contributed by atoms with Crippen LogP contribution >= 0.6 is 0 Å². The van der Waals surface area contributed by atoms with Gasteiger partial charge in [-0.3, -0.25) is 9.89 Å². The van der Waals surface area contributed by atoms with Crippen molar-refractivity contribution in [2.75, 3.05) is 11.1 Å². The molecule has 0 spiro atoms. The van der Waals surface area contributed by atoms with E-state index < -0.39 is 0 Å². The van der Waals surface area contributed by atoms with Gasteiger partial charge in [-0.15, -0.1) is 0 Å². The molecule has 5 heteroatoms. The number of hydrogen-bond donors (Lipinski definition) is 3. The molecule has 4 N–H and O–H groups in total. The molecule has 0 aliphatic heterocycles. The van der Waals surface area contributed by atoms with Crippen LogP contribution in [0.25, 0.3) is 0 Å². The average molecular weight is 244 g/mol. The lowest BCUT2D eigenvalue weighted by atomic mass is 10.1. The number of carbonyl (C=O) groups is 1. The number of nitrogens with one attached hydrogen (secondary N) is 2. The van der Waals surface area contributed by atoms with E-state index >= 15 is 0 Å². The quantitative estimate of drug-likeness (QED) is 0.716. The molecule has 0 radical (unpaired) electrons. The first-order valence-corrected chi connectivity index (χ1v) is 5.86. The topological polar surface area (TPSA) is 83.8 Å². The fraction of sp³-hybridized carbons (Fsp3) is 0.231. The SMILES string of the molecule is CCc1cc(NC(=O)Cc2cccc(N)c2)n[nH]1. The fourth-order valence-electron chi connectivity index (χ4n) is 1.68. The molecular weight excluding hydrogens is 228 g/mol. The number of carbonyl (C=O) groups excluding carboxylic acids is 1. The Morgan fingerprint density at radius 1 is 1.44 bits per heavy atom. The Labute approximate surface area is 105 Å². The number of rotatable bonds is 4. The van der Waals surface area contributed by atoms with Crippen LogP contribution < -0.4 is 11.1 Å². The summed E-state index contributed by atoms with van der Waals surface area (Å²) in [7, 11) is 0. The zero-order valence-electron chi connectivity index (χ0n) is 10.2. The summed E-state index contributed by atoms with van der Waals surface area (Å²) in [5.74, 6) is 0.454. The third kappa shape index (κ3) is 3.10. The van der Waals surface area contributed by atoms with Gasteiger partial charge in [-0.2, -0.15) is 5.10 Å². The van der Waals surface area contributed by atoms with E-state index in [9.17, 15) is 4.79 Å². The molecule has 0 fully saturated rings. The normalized spacial score (nSPS) is 10.3. The number of nitrogen functional groups attached to an aromatic ring is 1. The van der Waals surface area contributed by atoms with E-state index in [1.165, 1.54) is 0 Å². The van der Waals surface area contributed by atoms with Gasteiger partial charge in [0.1, 0.15) is 0 Å². The number of hydrogen-bond acceptors (Lipinski definition) is 3. The third-order valence-electron chi connectivity index (χ3n) is 2.60. The Hall–Kier alpha value is -2.30. The van der Waals surface area contributed by atoms with Gasteiger partial charge in [0.15, 0.2) is 5.82 Å². The number of anilines is 2. The number of H-pyrrole nitrogens is 1. The maximum absolute atomic E-state index is 11.8. The monoisotopic (exact) mass is 244 g/mol. The van der Waals surface area contributed by atoms with Crippen LogP contribution in [0.4, 0.5) is 11.5 Å². The molecule has 1 aromatic heterocycles. The van der Waals surface area contributed by atoms with Crippen LogP contribution in [-0.4, -0.2) is 16.1 Å². The summed E-state index contributed by atoms with van der Waals surface area (Å²) in [6.45, 7) is 2.02. The lowest BCUT2D eigenvalue weighted by molar-refractivity contribution is -0.115. The van der Waals surface area contributed by atoms with Crippen molar-refractivity contribution in [2.24, 2.45) is 0 Å². The summed E-state index contributed by atoms with van der Waals surface area (Å²) in [5, 5.41) is 9.60. The van der Waals surface area contributed by atoms with Gasteiger partial charge in [-0.25, -0.2) is 0 Å². The van der Waals surface area contributed by atoms with Crippen molar-refractivity contribution in [3.8, 4) is 0 Å². The number of aromatic nitrogens is 2. The van der Waals surface area contributed by atoms with E-state index in [4.69, 9.17) is 5.73 Å². The predicted octanol–water partition coefficient (Wildman–Crippen LogP) is 1.74. The van der Waals surface area contributed by atoms with Gasteiger partial charge in [0, 0.05) is 17.4 Å². The Morgan fingerprint density at radius 3 is 2.94 bits per heavy atom. The minimum absolute atomic E-state index is 0.102. The van der Waals surface area contributed by atoms with Crippen molar-refractivity contribution < 1.29 is 4.79 Å². The zero-order chi connectivity index (χ0) is 13.0. The first-order chi connectivity index (χ1) is 8.67. The van der Waals surface area contributed by atoms with E-state index in [1.807, 2.05) is 25.1 Å². The number of aromatic amines is 1. The van der Waals surface area contributed by atoms with Gasteiger partial charge in [0.25, 0.3) is 0 Å². The fourth-order valence-corrected chi connectivity index (χ4v) is 1.68. The third-order valence-corrected chi connectivity index (χ3v) is 2.60. The summed E-state index contributed by atoms with van der Waals surface area (Å²) in [4.78, 5) is 11.8. The van der Waals surface area contributed by atoms with Crippen LogP contribution in [0.3, 0.4) is 0 Å². The smallest absolute Gasteiger partial charge is 0.229 e. The summed E-state index contributed by atoms with van der Waals surface area (Å²) < 4.78 is 0. The van der Waals surface area contributed by atoms with Crippen molar-refractivity contribution in [1.29, 1.82) is 0 Å². The summed E-state index contributed by atoms with van der Waals surface area (Å²) >= 11 is 0. The van der Waals surface area contributed by atoms with Gasteiger partial charge >= 0.3 is 0 Å². The average Bonchev–Trinajstić information content (AvgIpc) is 2.76. The Balaban J connectivity index is 1.96. The molecule has 2 rings (SSSR count). The van der Waals surface area contributed by atoms with E-state index in [2.05, 4.69) is 15.5 Å². The minimum atomic E-state index is -0.102. The van der Waals surface area contributed by atoms with Crippen LogP contribution in [0.2, 0.25) is 0 Å². The standard InChI is InChI=1S/C13H16N4O/c1-2-11-8-12(17-16-11)15-13(18)7-9-4-3-5-10(14)6-9/h3-6,8H,2,7,14H2,1H3,(H2,15,16,17,18). The van der Waals surface area contributed by atoms with E-state index in [0.29, 0.717) is 17.9 Å². The molecule has 0 saturated carbocycles. The van der Waals surface area contributed by atoms with Crippen LogP contribution in [0, 0.1) is 0 Å². The highest BCUT2D eigenvalue weighted by molar-refractivity contribution is 5.91. The molecule has 1 aromatic carbocycles. The second-order valence-electron chi connectivity index (χ2n) is 4.10. The second kappa shape index (κ2) is 5.35. The Morgan fingerprint density at radius 2 is 2.28 bits per heavy atom. The molecule has 1 amide bonds. The molecule has 1 heterocycles. The Bertz CT molecular complexity index is 547. The van der Waals surface area contributed by atoms with Gasteiger partial charge in [0.2, 0.25) is 5.91 Å². The summed E-state index contributed by atoms with van der Waals surface area (Å²) in [6.07, 6.45) is 1.15. The molecule has 2 aromatic rings. The van der Waals surface area contributed by atoms with Gasteiger partial charge < -0.3 is 11.1 Å². The van der Waals surface area contributed by atoms with Gasteiger partial charge in [0.05, 0.1) is 6.42 Å². The van der Waals surface area contributed by atoms with Gasteiger partial charge in [-0.1, -0.05) is 19.1 Å². The molecule has 18 heavy (non-hydrogen) atoms. The van der Waals surface area contributed by atoms with Crippen LogP contribution in [0.15, 0.2) is 30.3 Å². The lowest BCUT2D eigenvalue weighted by Crippen LogP contribution is -2.14. The highest BCUT2D eigenvalue weighted by atomic mass is 16.1. The molecule has 0 saturated heterocycles. The van der Waals surface area contributed by atoms with E-state index in [0.717, 1.165) is 17.7 Å². The van der Waals surface area contributed by atoms with E-state index in [1.54, 1.807) is 12.1 Å². The zero-order valence-corrected chi connectivity index (χ0v) is 10.2. The molecule has 0 atom stereocenters. The molecule has 5 nitrogen and oxygen atoms in total. The van der Waals surface area contributed by atoms with Crippen molar-refractivity contribution >= 4 is 17.4 Å². The number of nitrogens with zero attached hydrogens (tertiary/aromatic N) is 1. The highest BCUT2D eigenvalue weighted by Gasteiger charge is 2.06. The lowest BCUT2D eigenvalue weighted by Gasteiger charge is -2.02. The van der Waals surface area contributed by atoms with Crippen molar-refractivity contribution in [1.82, 2.24) is 10.2 Å². The highest BCUT2D eigenvalue weighted by Crippen LogP contribution is 2.09. The molecule has 0 unspecified atom stereocenters. The first kappa shape index (κ1) is 12.2. The van der Waals surface area contributed by atoms with Crippen molar-refractivity contribution in [2.45, 2.75) is 19.8 Å². The second-order valence-corrected chi connectivity index (χ2v) is 4.10. The number of benzene rings is 1. The molecule has 0 aliphatic carbocycles. The Kier molecular flexibility index (Phi) is 3.62. The number of nitrogens with two attached hydrogens (primary N) is 1. The maximum Gasteiger partial charge on any atom is 0.229 e. The van der Waals surface area contributed by atoms with Crippen molar-refractivity contribution in [3.05, 3.63) is 41.6 Å². The molecular formula is C13H16N4O. The van der Waals surface area contributed by atoms with Crippen LogP contribution in [-0.2, 0) is 17.6 Å². The van der Waals surface area contributed by atoms with Crippen LogP contribution in [0.5, 0.6) is 0 Å². The number of amides is 1. The largest absolute Gasteiger partial charge is 0.399 e. The molecule has 0 aliphatic rings.